The molecule has 3 aromatic rings. The zero-order valence-corrected chi connectivity index (χ0v) is 17.8. The third-order valence-electron chi connectivity index (χ3n) is 5.26. The molecule has 3 aromatic carbocycles. The molecule has 0 saturated carbocycles. The van der Waals surface area contributed by atoms with E-state index in [-0.39, 0.29) is 5.91 Å². The first-order valence-electron chi connectivity index (χ1n) is 10.7. The first kappa shape index (κ1) is 20.9. The molecule has 1 saturated heterocycles. The van der Waals surface area contributed by atoms with Crippen molar-refractivity contribution in [1.82, 2.24) is 4.90 Å². The van der Waals surface area contributed by atoms with Crippen LogP contribution in [0.5, 0.6) is 11.5 Å². The Morgan fingerprint density at radius 3 is 2.32 bits per heavy atom. The maximum absolute atomic E-state index is 12.9. The molecule has 1 heterocycles. The minimum atomic E-state index is 0.0137. The van der Waals surface area contributed by atoms with Gasteiger partial charge in [-0.05, 0) is 48.4 Å². The summed E-state index contributed by atoms with van der Waals surface area (Å²) in [5.41, 5.74) is 3.81. The van der Waals surface area contributed by atoms with Gasteiger partial charge < -0.3 is 19.1 Å². The first-order chi connectivity index (χ1) is 15.2. The number of carbonyl (C=O) groups excluding carboxylic acids is 1. The molecular formula is C26H27NO4. The van der Waals surface area contributed by atoms with Crippen molar-refractivity contribution in [2.45, 2.75) is 13.5 Å². The van der Waals surface area contributed by atoms with E-state index >= 15 is 0 Å². The molecule has 0 aliphatic carbocycles. The Labute approximate surface area is 183 Å². The third kappa shape index (κ3) is 5.25. The Bertz CT molecular complexity index is 996. The van der Waals surface area contributed by atoms with Crippen LogP contribution in [0.15, 0.2) is 72.8 Å². The minimum absolute atomic E-state index is 0.0137. The SMILES string of the molecule is CCOc1ccc(C(=O)N2CCOCC2)cc1COc1ccc(-c2ccccc2)cc1. The van der Waals surface area contributed by atoms with E-state index in [1.54, 1.807) is 0 Å². The summed E-state index contributed by atoms with van der Waals surface area (Å²) in [6.45, 7) is 5.21. The number of morpholine rings is 1. The van der Waals surface area contributed by atoms with E-state index in [9.17, 15) is 4.79 Å². The third-order valence-corrected chi connectivity index (χ3v) is 5.26. The Morgan fingerprint density at radius 1 is 0.903 bits per heavy atom. The molecule has 0 spiro atoms. The molecule has 31 heavy (non-hydrogen) atoms. The van der Waals surface area contributed by atoms with Gasteiger partial charge in [-0.1, -0.05) is 42.5 Å². The van der Waals surface area contributed by atoms with Crippen LogP contribution >= 0.6 is 0 Å². The highest BCUT2D eigenvalue weighted by Crippen LogP contribution is 2.26. The molecule has 1 amide bonds. The Hall–Kier alpha value is -3.31. The summed E-state index contributed by atoms with van der Waals surface area (Å²) in [6, 6.07) is 23.8. The van der Waals surface area contributed by atoms with Crippen LogP contribution in [0.2, 0.25) is 0 Å². The summed E-state index contributed by atoms with van der Waals surface area (Å²) in [5.74, 6) is 1.52. The molecule has 1 aliphatic heterocycles. The summed E-state index contributed by atoms with van der Waals surface area (Å²) in [7, 11) is 0. The topological polar surface area (TPSA) is 48.0 Å². The van der Waals surface area contributed by atoms with Crippen molar-refractivity contribution in [3.63, 3.8) is 0 Å². The van der Waals surface area contributed by atoms with Crippen molar-refractivity contribution in [3.8, 4) is 22.6 Å². The van der Waals surface area contributed by atoms with Crippen LogP contribution in [0.4, 0.5) is 0 Å². The number of nitrogens with zero attached hydrogens (tertiary/aromatic N) is 1. The van der Waals surface area contributed by atoms with Gasteiger partial charge in [-0.3, -0.25) is 4.79 Å². The molecule has 0 radical (unpaired) electrons. The van der Waals surface area contributed by atoms with E-state index in [0.717, 1.165) is 22.6 Å². The Morgan fingerprint density at radius 2 is 1.61 bits per heavy atom. The number of carbonyl (C=O) groups is 1. The lowest BCUT2D eigenvalue weighted by Gasteiger charge is -2.27. The van der Waals surface area contributed by atoms with E-state index in [1.807, 2.05) is 72.5 Å². The van der Waals surface area contributed by atoms with Crippen LogP contribution < -0.4 is 9.47 Å². The maximum Gasteiger partial charge on any atom is 0.254 e. The van der Waals surface area contributed by atoms with Gasteiger partial charge in [-0.15, -0.1) is 0 Å². The molecule has 4 rings (SSSR count). The van der Waals surface area contributed by atoms with Gasteiger partial charge in [0.05, 0.1) is 19.8 Å². The number of benzene rings is 3. The van der Waals surface area contributed by atoms with Crippen molar-refractivity contribution in [2.24, 2.45) is 0 Å². The van der Waals surface area contributed by atoms with E-state index in [2.05, 4.69) is 12.1 Å². The van der Waals surface area contributed by atoms with Crippen LogP contribution in [0.3, 0.4) is 0 Å². The van der Waals surface area contributed by atoms with Crippen LogP contribution in [-0.4, -0.2) is 43.7 Å². The number of ether oxygens (including phenoxy) is 3. The van der Waals surface area contributed by atoms with Gasteiger partial charge in [-0.25, -0.2) is 0 Å². The van der Waals surface area contributed by atoms with Crippen molar-refractivity contribution in [2.75, 3.05) is 32.9 Å². The van der Waals surface area contributed by atoms with Crippen molar-refractivity contribution in [1.29, 1.82) is 0 Å². The van der Waals surface area contributed by atoms with E-state index in [0.29, 0.717) is 45.1 Å². The summed E-state index contributed by atoms with van der Waals surface area (Å²) >= 11 is 0. The van der Waals surface area contributed by atoms with E-state index < -0.39 is 0 Å². The lowest BCUT2D eigenvalue weighted by molar-refractivity contribution is 0.0302. The normalized spacial score (nSPS) is 13.6. The van der Waals surface area contributed by atoms with Crippen molar-refractivity contribution < 1.29 is 19.0 Å². The summed E-state index contributed by atoms with van der Waals surface area (Å²) in [4.78, 5) is 14.7. The smallest absolute Gasteiger partial charge is 0.254 e. The monoisotopic (exact) mass is 417 g/mol. The molecule has 0 bridgehead atoms. The second kappa shape index (κ2) is 10.1. The standard InChI is InChI=1S/C26H27NO4/c1-2-30-25-13-10-22(26(28)27-14-16-29-17-15-27)18-23(25)19-31-24-11-8-21(9-12-24)20-6-4-3-5-7-20/h3-13,18H,2,14-17,19H2,1H3. The van der Waals surface area contributed by atoms with Gasteiger partial charge in [0.2, 0.25) is 0 Å². The molecule has 0 N–H and O–H groups in total. The fourth-order valence-corrected chi connectivity index (χ4v) is 3.61. The van der Waals surface area contributed by atoms with Crippen molar-refractivity contribution >= 4 is 5.91 Å². The van der Waals surface area contributed by atoms with Gasteiger partial charge in [0.1, 0.15) is 18.1 Å². The largest absolute Gasteiger partial charge is 0.493 e. The van der Waals surface area contributed by atoms with Gasteiger partial charge >= 0.3 is 0 Å². The Balaban J connectivity index is 1.48. The number of amides is 1. The second-order valence-corrected chi connectivity index (χ2v) is 7.34. The zero-order chi connectivity index (χ0) is 21.5. The zero-order valence-electron chi connectivity index (χ0n) is 17.8. The minimum Gasteiger partial charge on any atom is -0.493 e. The van der Waals surface area contributed by atoms with Crippen LogP contribution in [0.25, 0.3) is 11.1 Å². The number of rotatable bonds is 7. The van der Waals surface area contributed by atoms with Gasteiger partial charge in [0.15, 0.2) is 0 Å². The molecule has 0 unspecified atom stereocenters. The van der Waals surface area contributed by atoms with Gasteiger partial charge in [0.25, 0.3) is 5.91 Å². The molecule has 1 fully saturated rings. The lowest BCUT2D eigenvalue weighted by Crippen LogP contribution is -2.40. The highest BCUT2D eigenvalue weighted by atomic mass is 16.5. The molecule has 1 aliphatic rings. The average molecular weight is 418 g/mol. The number of hydrogen-bond acceptors (Lipinski definition) is 4. The van der Waals surface area contributed by atoms with Crippen molar-refractivity contribution in [3.05, 3.63) is 83.9 Å². The molecule has 5 nitrogen and oxygen atoms in total. The molecule has 160 valence electrons. The summed E-state index contributed by atoms with van der Waals surface area (Å²) in [5, 5.41) is 0. The average Bonchev–Trinajstić information content (AvgIpc) is 2.84. The molecule has 0 atom stereocenters. The van der Waals surface area contributed by atoms with Gasteiger partial charge in [-0.2, -0.15) is 0 Å². The Kier molecular flexibility index (Phi) is 6.85. The quantitative estimate of drug-likeness (QED) is 0.554. The fourth-order valence-electron chi connectivity index (χ4n) is 3.61. The maximum atomic E-state index is 12.9. The van der Waals surface area contributed by atoms with Gasteiger partial charge in [0, 0.05) is 24.2 Å². The summed E-state index contributed by atoms with van der Waals surface area (Å²) in [6.07, 6.45) is 0. The number of hydrogen-bond donors (Lipinski definition) is 0. The van der Waals surface area contributed by atoms with E-state index in [4.69, 9.17) is 14.2 Å². The first-order valence-corrected chi connectivity index (χ1v) is 10.7. The fraction of sp³-hybridized carbons (Fsp3) is 0.269. The highest BCUT2D eigenvalue weighted by Gasteiger charge is 2.20. The van der Waals surface area contributed by atoms with E-state index in [1.165, 1.54) is 5.56 Å². The second-order valence-electron chi connectivity index (χ2n) is 7.34. The molecule has 5 heteroatoms. The van der Waals surface area contributed by atoms with Crippen LogP contribution in [0, 0.1) is 0 Å². The predicted molar refractivity (Wildman–Crippen MR) is 121 cm³/mol. The molecular weight excluding hydrogens is 390 g/mol. The summed E-state index contributed by atoms with van der Waals surface area (Å²) < 4.78 is 17.1. The van der Waals surface area contributed by atoms with Crippen LogP contribution in [-0.2, 0) is 11.3 Å². The molecule has 0 aromatic heterocycles. The lowest BCUT2D eigenvalue weighted by atomic mass is 10.1. The van der Waals surface area contributed by atoms with Crippen LogP contribution in [0.1, 0.15) is 22.8 Å². The predicted octanol–water partition coefficient (Wildman–Crippen LogP) is 4.80. The highest BCUT2D eigenvalue weighted by molar-refractivity contribution is 5.94.